The lowest BCUT2D eigenvalue weighted by atomic mass is 9.84. The standard InChI is InChI=1S/C18H21NO3/c1-3-13-8-9-15(17(13)18(21)22-2)10-16(20)14-6-4-12(11-19)5-7-14/h4-7,13,15,17H,3,8-10H2,1-2H3. The Kier molecular flexibility index (Phi) is 5.32. The predicted octanol–water partition coefficient (Wildman–Crippen LogP) is 3.36. The lowest BCUT2D eigenvalue weighted by Gasteiger charge is -2.21. The van der Waals surface area contributed by atoms with E-state index in [0.29, 0.717) is 23.5 Å². The minimum Gasteiger partial charge on any atom is -0.469 e. The maximum atomic E-state index is 12.4. The largest absolute Gasteiger partial charge is 0.469 e. The molecule has 4 heteroatoms. The topological polar surface area (TPSA) is 67.2 Å². The Bertz CT molecular complexity index is 585. The van der Waals surface area contributed by atoms with Crippen molar-refractivity contribution in [1.29, 1.82) is 5.26 Å². The van der Waals surface area contributed by atoms with Crippen LogP contribution in [0, 0.1) is 29.1 Å². The maximum absolute atomic E-state index is 12.4. The lowest BCUT2D eigenvalue weighted by Crippen LogP contribution is -2.27. The molecule has 3 atom stereocenters. The van der Waals surface area contributed by atoms with E-state index in [4.69, 9.17) is 10.00 Å². The number of rotatable bonds is 5. The van der Waals surface area contributed by atoms with Gasteiger partial charge in [0.15, 0.2) is 5.78 Å². The molecule has 1 saturated carbocycles. The van der Waals surface area contributed by atoms with Crippen molar-refractivity contribution in [1.82, 2.24) is 0 Å². The van der Waals surface area contributed by atoms with Crippen molar-refractivity contribution in [2.45, 2.75) is 32.6 Å². The van der Waals surface area contributed by atoms with Gasteiger partial charge in [-0.15, -0.1) is 0 Å². The first-order valence-corrected chi connectivity index (χ1v) is 7.71. The number of carbonyl (C=O) groups excluding carboxylic acids is 2. The molecule has 0 bridgehead atoms. The zero-order valence-corrected chi connectivity index (χ0v) is 13.0. The Hall–Kier alpha value is -2.15. The Balaban J connectivity index is 2.09. The van der Waals surface area contributed by atoms with Crippen molar-refractivity contribution in [2.24, 2.45) is 17.8 Å². The monoisotopic (exact) mass is 299 g/mol. The Morgan fingerprint density at radius 1 is 1.23 bits per heavy atom. The summed E-state index contributed by atoms with van der Waals surface area (Å²) < 4.78 is 4.93. The van der Waals surface area contributed by atoms with E-state index in [2.05, 4.69) is 6.92 Å². The number of benzene rings is 1. The van der Waals surface area contributed by atoms with Crippen molar-refractivity contribution in [3.05, 3.63) is 35.4 Å². The average Bonchev–Trinajstić information content (AvgIpc) is 2.96. The molecule has 0 heterocycles. The van der Waals surface area contributed by atoms with Crippen LogP contribution < -0.4 is 0 Å². The summed E-state index contributed by atoms with van der Waals surface area (Å²) in [4.78, 5) is 24.4. The zero-order valence-electron chi connectivity index (χ0n) is 13.0. The molecular formula is C18H21NO3. The van der Waals surface area contributed by atoms with Crippen LogP contribution >= 0.6 is 0 Å². The number of carbonyl (C=O) groups is 2. The van der Waals surface area contributed by atoms with Gasteiger partial charge in [0, 0.05) is 12.0 Å². The third kappa shape index (κ3) is 3.36. The van der Waals surface area contributed by atoms with Gasteiger partial charge in [-0.2, -0.15) is 5.26 Å². The highest BCUT2D eigenvalue weighted by Crippen LogP contribution is 2.41. The van der Waals surface area contributed by atoms with Crippen molar-refractivity contribution in [3.8, 4) is 6.07 Å². The average molecular weight is 299 g/mol. The van der Waals surface area contributed by atoms with Crippen LogP contribution in [0.25, 0.3) is 0 Å². The van der Waals surface area contributed by atoms with E-state index in [1.807, 2.05) is 6.07 Å². The highest BCUT2D eigenvalue weighted by molar-refractivity contribution is 5.96. The van der Waals surface area contributed by atoms with Gasteiger partial charge in [0.05, 0.1) is 24.7 Å². The van der Waals surface area contributed by atoms with Gasteiger partial charge in [0.2, 0.25) is 0 Å². The molecule has 22 heavy (non-hydrogen) atoms. The number of nitriles is 1. The minimum absolute atomic E-state index is 0.0279. The molecule has 2 rings (SSSR count). The predicted molar refractivity (Wildman–Crippen MR) is 82.1 cm³/mol. The highest BCUT2D eigenvalue weighted by atomic mass is 16.5. The number of Topliss-reactive ketones (excluding diaryl/α,β-unsaturated/α-hetero) is 1. The van der Waals surface area contributed by atoms with Gasteiger partial charge in [-0.05, 0) is 36.8 Å². The molecular weight excluding hydrogens is 278 g/mol. The molecule has 0 aliphatic heterocycles. The van der Waals surface area contributed by atoms with Gasteiger partial charge in [-0.3, -0.25) is 9.59 Å². The van der Waals surface area contributed by atoms with Gasteiger partial charge in [0.1, 0.15) is 0 Å². The first-order valence-electron chi connectivity index (χ1n) is 7.71. The molecule has 1 aromatic rings. The second-order valence-corrected chi connectivity index (χ2v) is 5.87. The summed E-state index contributed by atoms with van der Waals surface area (Å²) in [5, 5.41) is 8.79. The van der Waals surface area contributed by atoms with E-state index >= 15 is 0 Å². The smallest absolute Gasteiger partial charge is 0.309 e. The van der Waals surface area contributed by atoms with Gasteiger partial charge in [0.25, 0.3) is 0 Å². The third-order valence-electron chi connectivity index (χ3n) is 4.71. The van der Waals surface area contributed by atoms with Crippen molar-refractivity contribution >= 4 is 11.8 Å². The number of ketones is 1. The molecule has 3 unspecified atom stereocenters. The van der Waals surface area contributed by atoms with Gasteiger partial charge in [-0.25, -0.2) is 0 Å². The SMILES string of the molecule is CCC1CCC(CC(=O)c2ccc(C#N)cc2)C1C(=O)OC. The number of methoxy groups -OCH3 is 1. The van der Waals surface area contributed by atoms with E-state index in [1.54, 1.807) is 24.3 Å². The van der Waals surface area contributed by atoms with E-state index in [0.717, 1.165) is 19.3 Å². The lowest BCUT2D eigenvalue weighted by molar-refractivity contribution is -0.148. The zero-order chi connectivity index (χ0) is 16.1. The Labute approximate surface area is 131 Å². The van der Waals surface area contributed by atoms with Crippen LogP contribution in [0.1, 0.15) is 48.5 Å². The van der Waals surface area contributed by atoms with Crippen LogP contribution in [-0.4, -0.2) is 18.9 Å². The molecule has 1 fully saturated rings. The van der Waals surface area contributed by atoms with Gasteiger partial charge >= 0.3 is 5.97 Å². The normalized spacial score (nSPS) is 23.8. The second kappa shape index (κ2) is 7.22. The van der Waals surface area contributed by atoms with E-state index in [-0.39, 0.29) is 23.6 Å². The van der Waals surface area contributed by atoms with Crippen LogP contribution in [0.3, 0.4) is 0 Å². The van der Waals surface area contributed by atoms with Gasteiger partial charge < -0.3 is 4.74 Å². The van der Waals surface area contributed by atoms with Crippen molar-refractivity contribution in [3.63, 3.8) is 0 Å². The molecule has 0 spiro atoms. The number of hydrogen-bond acceptors (Lipinski definition) is 4. The molecule has 0 radical (unpaired) electrons. The first-order chi connectivity index (χ1) is 10.6. The fraction of sp³-hybridized carbons (Fsp3) is 0.500. The molecule has 0 N–H and O–H groups in total. The molecule has 1 aliphatic rings. The molecule has 0 amide bonds. The Morgan fingerprint density at radius 3 is 2.41 bits per heavy atom. The third-order valence-corrected chi connectivity index (χ3v) is 4.71. The summed E-state index contributed by atoms with van der Waals surface area (Å²) in [5.74, 6) is 0.0335. The van der Waals surface area contributed by atoms with Crippen LogP contribution in [-0.2, 0) is 9.53 Å². The fourth-order valence-corrected chi connectivity index (χ4v) is 3.47. The second-order valence-electron chi connectivity index (χ2n) is 5.87. The molecule has 1 aromatic carbocycles. The van der Waals surface area contributed by atoms with Crippen LogP contribution in [0.2, 0.25) is 0 Å². The summed E-state index contributed by atoms with van der Waals surface area (Å²) in [6, 6.07) is 8.69. The molecule has 0 saturated heterocycles. The highest BCUT2D eigenvalue weighted by Gasteiger charge is 2.41. The summed E-state index contributed by atoms with van der Waals surface area (Å²) in [7, 11) is 1.41. The quantitative estimate of drug-likeness (QED) is 0.617. The summed E-state index contributed by atoms with van der Waals surface area (Å²) >= 11 is 0. The molecule has 0 aromatic heterocycles. The number of esters is 1. The molecule has 4 nitrogen and oxygen atoms in total. The van der Waals surface area contributed by atoms with Crippen LogP contribution in [0.15, 0.2) is 24.3 Å². The number of hydrogen-bond donors (Lipinski definition) is 0. The minimum atomic E-state index is -0.193. The number of ether oxygens (including phenoxy) is 1. The number of nitrogens with zero attached hydrogens (tertiary/aromatic N) is 1. The van der Waals surface area contributed by atoms with Crippen molar-refractivity contribution < 1.29 is 14.3 Å². The van der Waals surface area contributed by atoms with Crippen LogP contribution in [0.5, 0.6) is 0 Å². The first kappa shape index (κ1) is 16.2. The summed E-state index contributed by atoms with van der Waals surface area (Å²) in [5.41, 5.74) is 1.14. The van der Waals surface area contributed by atoms with Crippen LogP contribution in [0.4, 0.5) is 0 Å². The fourth-order valence-electron chi connectivity index (χ4n) is 3.47. The molecule has 1 aliphatic carbocycles. The summed E-state index contributed by atoms with van der Waals surface area (Å²) in [6.45, 7) is 2.07. The van der Waals surface area contributed by atoms with E-state index < -0.39 is 0 Å². The van der Waals surface area contributed by atoms with E-state index in [9.17, 15) is 9.59 Å². The van der Waals surface area contributed by atoms with E-state index in [1.165, 1.54) is 7.11 Å². The Morgan fingerprint density at radius 2 is 1.86 bits per heavy atom. The molecule has 116 valence electrons. The summed E-state index contributed by atoms with van der Waals surface area (Å²) in [6.07, 6.45) is 3.16. The maximum Gasteiger partial charge on any atom is 0.309 e. The van der Waals surface area contributed by atoms with Gasteiger partial charge in [-0.1, -0.05) is 25.5 Å². The van der Waals surface area contributed by atoms with Crippen molar-refractivity contribution in [2.75, 3.05) is 7.11 Å².